The highest BCUT2D eigenvalue weighted by atomic mass is 35.5. The van der Waals surface area contributed by atoms with Crippen LogP contribution in [0.25, 0.3) is 34.1 Å². The molecule has 5 aromatic rings. The Labute approximate surface area is 228 Å². The van der Waals surface area contributed by atoms with Crippen molar-refractivity contribution in [1.29, 1.82) is 0 Å². The zero-order valence-electron chi connectivity index (χ0n) is 21.6. The van der Waals surface area contributed by atoms with Gasteiger partial charge in [0.1, 0.15) is 11.2 Å². The molecular weight excluding hydrogens is 521 g/mol. The molecule has 0 radical (unpaired) electrons. The van der Waals surface area contributed by atoms with E-state index in [2.05, 4.69) is 31.6 Å². The molecule has 1 atom stereocenters. The van der Waals surface area contributed by atoms with Crippen molar-refractivity contribution in [3.63, 3.8) is 0 Å². The van der Waals surface area contributed by atoms with Crippen LogP contribution in [-0.4, -0.2) is 34.6 Å². The minimum absolute atomic E-state index is 0.0512. The number of fused-ring (bicyclic) bond motifs is 1. The van der Waals surface area contributed by atoms with Gasteiger partial charge in [0.2, 0.25) is 17.3 Å². The van der Waals surface area contributed by atoms with E-state index < -0.39 is 11.4 Å². The first kappa shape index (κ1) is 25.4. The van der Waals surface area contributed by atoms with Crippen LogP contribution >= 0.6 is 11.6 Å². The number of rotatable bonds is 6. The molecule has 4 heterocycles. The predicted molar refractivity (Wildman–Crippen MR) is 145 cm³/mol. The molecule has 1 N–H and O–H groups in total. The summed E-state index contributed by atoms with van der Waals surface area (Å²) in [6.07, 6.45) is 5.90. The molecule has 1 aromatic carbocycles. The Bertz CT molecular complexity index is 1690. The smallest absolute Gasteiger partial charge is 0.321 e. The number of benzene rings is 1. The number of H-pyrrole nitrogens is 1. The number of imidazole rings is 1. The van der Waals surface area contributed by atoms with Gasteiger partial charge in [-0.2, -0.15) is 0 Å². The first-order valence-electron chi connectivity index (χ1n) is 13.0. The van der Waals surface area contributed by atoms with Crippen LogP contribution in [0.15, 0.2) is 58.0 Å². The van der Waals surface area contributed by atoms with Crippen molar-refractivity contribution in [3.05, 3.63) is 75.8 Å². The third kappa shape index (κ3) is 4.85. The van der Waals surface area contributed by atoms with Crippen LogP contribution in [0, 0.1) is 11.8 Å². The van der Waals surface area contributed by atoms with Gasteiger partial charge in [-0.05, 0) is 55.9 Å². The van der Waals surface area contributed by atoms with Crippen LogP contribution in [0.3, 0.4) is 0 Å². The van der Waals surface area contributed by atoms with E-state index >= 15 is 4.39 Å². The third-order valence-corrected chi connectivity index (χ3v) is 7.73. The van der Waals surface area contributed by atoms with E-state index in [1.165, 1.54) is 6.92 Å². The molecule has 1 fully saturated rings. The van der Waals surface area contributed by atoms with Gasteiger partial charge in [-0.25, -0.2) is 24.1 Å². The summed E-state index contributed by atoms with van der Waals surface area (Å²) in [7, 11) is 0. The fourth-order valence-corrected chi connectivity index (χ4v) is 5.56. The van der Waals surface area contributed by atoms with Crippen molar-refractivity contribution < 1.29 is 8.91 Å². The van der Waals surface area contributed by atoms with Crippen LogP contribution in [-0.2, 0) is 12.2 Å². The molecule has 4 aromatic heterocycles. The fourth-order valence-electron chi connectivity index (χ4n) is 5.37. The molecular formula is C28H27ClFN7O2. The maximum Gasteiger partial charge on any atom is 0.439 e. The summed E-state index contributed by atoms with van der Waals surface area (Å²) in [6.45, 7) is 4.30. The number of nitrogens with one attached hydrogen (secondary N) is 1. The second-order valence-electron chi connectivity index (χ2n) is 10.4. The third-order valence-electron chi connectivity index (χ3n) is 7.50. The molecule has 11 heteroatoms. The van der Waals surface area contributed by atoms with Gasteiger partial charge in [-0.3, -0.25) is 14.5 Å². The maximum atomic E-state index is 16.8. The van der Waals surface area contributed by atoms with Crippen molar-refractivity contribution in [3.8, 4) is 22.9 Å². The van der Waals surface area contributed by atoms with Crippen molar-refractivity contribution >= 4 is 22.8 Å². The van der Waals surface area contributed by atoms with E-state index in [0.717, 1.165) is 25.7 Å². The zero-order chi connectivity index (χ0) is 27.1. The first-order valence-corrected chi connectivity index (χ1v) is 13.4. The monoisotopic (exact) mass is 547 g/mol. The average Bonchev–Trinajstić information content (AvgIpc) is 3.54. The van der Waals surface area contributed by atoms with Gasteiger partial charge in [0.15, 0.2) is 11.5 Å². The summed E-state index contributed by atoms with van der Waals surface area (Å²) in [5.41, 5.74) is 0.291. The lowest BCUT2D eigenvalue weighted by Crippen LogP contribution is -2.27. The number of nitrogens with zero attached hydrogens (tertiary/aromatic N) is 6. The van der Waals surface area contributed by atoms with E-state index in [1.807, 2.05) is 16.7 Å². The SMILES string of the molecule is CC1CCC(Cn2c(C(C)(F)c3ccccn3)nc3nc(-c4noc(=O)[nH]4)nc(-c4cccc(Cl)c4)c32)CC1. The van der Waals surface area contributed by atoms with Gasteiger partial charge in [0.05, 0.1) is 5.69 Å². The Hall–Kier alpha value is -3.92. The number of halogens is 2. The number of aromatic amines is 1. The van der Waals surface area contributed by atoms with Crippen LogP contribution in [0.4, 0.5) is 4.39 Å². The predicted octanol–water partition coefficient (Wildman–Crippen LogP) is 5.94. The highest BCUT2D eigenvalue weighted by Crippen LogP contribution is 2.39. The summed E-state index contributed by atoms with van der Waals surface area (Å²) < 4.78 is 23.4. The summed E-state index contributed by atoms with van der Waals surface area (Å²) >= 11 is 6.36. The topological polar surface area (TPSA) is 115 Å². The second-order valence-corrected chi connectivity index (χ2v) is 10.8. The van der Waals surface area contributed by atoms with Crippen LogP contribution in [0.5, 0.6) is 0 Å². The molecule has 39 heavy (non-hydrogen) atoms. The van der Waals surface area contributed by atoms with Gasteiger partial charge < -0.3 is 4.57 Å². The van der Waals surface area contributed by atoms with Gasteiger partial charge in [-0.1, -0.05) is 54.7 Å². The second kappa shape index (κ2) is 10.00. The number of aromatic nitrogens is 7. The minimum Gasteiger partial charge on any atom is -0.321 e. The Morgan fingerprint density at radius 1 is 1.13 bits per heavy atom. The molecule has 0 bridgehead atoms. The maximum absolute atomic E-state index is 16.8. The molecule has 0 aliphatic heterocycles. The lowest BCUT2D eigenvalue weighted by atomic mass is 9.83. The lowest BCUT2D eigenvalue weighted by Gasteiger charge is -2.29. The van der Waals surface area contributed by atoms with E-state index in [0.29, 0.717) is 40.2 Å². The van der Waals surface area contributed by atoms with Crippen LogP contribution < -0.4 is 5.76 Å². The quantitative estimate of drug-likeness (QED) is 0.279. The molecule has 1 aliphatic rings. The van der Waals surface area contributed by atoms with Gasteiger partial charge >= 0.3 is 5.76 Å². The van der Waals surface area contributed by atoms with Crippen molar-refractivity contribution in [2.24, 2.45) is 11.8 Å². The summed E-state index contributed by atoms with van der Waals surface area (Å²) in [5, 5.41) is 4.28. The molecule has 1 unspecified atom stereocenters. The lowest BCUT2D eigenvalue weighted by molar-refractivity contribution is 0.209. The molecule has 1 saturated carbocycles. The normalized spacial score (nSPS) is 19.3. The largest absolute Gasteiger partial charge is 0.439 e. The molecule has 0 saturated heterocycles. The fraction of sp³-hybridized carbons (Fsp3) is 0.357. The number of alkyl halides is 1. The molecule has 1 aliphatic carbocycles. The average molecular weight is 548 g/mol. The van der Waals surface area contributed by atoms with Gasteiger partial charge in [0.25, 0.3) is 0 Å². The van der Waals surface area contributed by atoms with Gasteiger partial charge in [-0.15, -0.1) is 0 Å². The summed E-state index contributed by atoms with van der Waals surface area (Å²) in [6, 6.07) is 12.4. The van der Waals surface area contributed by atoms with E-state index in [9.17, 15) is 4.79 Å². The van der Waals surface area contributed by atoms with E-state index in [4.69, 9.17) is 21.6 Å². The zero-order valence-corrected chi connectivity index (χ0v) is 22.3. The molecule has 0 spiro atoms. The number of hydrogen-bond donors (Lipinski definition) is 1. The number of pyridine rings is 1. The molecule has 200 valence electrons. The first-order chi connectivity index (χ1) is 18.8. The summed E-state index contributed by atoms with van der Waals surface area (Å²) in [4.78, 5) is 32.6. The molecule has 0 amide bonds. The van der Waals surface area contributed by atoms with Crippen molar-refractivity contribution in [2.75, 3.05) is 0 Å². The minimum atomic E-state index is -2.02. The Morgan fingerprint density at radius 3 is 2.64 bits per heavy atom. The van der Waals surface area contributed by atoms with E-state index in [1.54, 1.807) is 36.5 Å². The van der Waals surface area contributed by atoms with Crippen LogP contribution in [0.1, 0.15) is 51.0 Å². The molecule has 9 nitrogen and oxygen atoms in total. The highest BCUT2D eigenvalue weighted by Gasteiger charge is 2.38. The Balaban J connectivity index is 1.62. The Morgan fingerprint density at radius 2 is 1.95 bits per heavy atom. The summed E-state index contributed by atoms with van der Waals surface area (Å²) in [5.74, 6) is 0.633. The Kier molecular flexibility index (Phi) is 6.50. The van der Waals surface area contributed by atoms with E-state index in [-0.39, 0.29) is 28.8 Å². The van der Waals surface area contributed by atoms with Gasteiger partial charge in [0, 0.05) is 23.3 Å². The number of hydrogen-bond acceptors (Lipinski definition) is 7. The van der Waals surface area contributed by atoms with Crippen LogP contribution in [0.2, 0.25) is 5.02 Å². The standard InChI is InChI=1S/C28H27ClFN7O2/c1-16-9-11-17(12-10-16)15-37-22-21(18-6-5-7-19(29)14-18)32-24(25-35-27(38)39-36-25)33-23(22)34-26(37)28(2,30)20-8-3-4-13-31-20/h3-8,13-14,16-17H,9-12,15H2,1-2H3,(H,35,36,38). The highest BCUT2D eigenvalue weighted by molar-refractivity contribution is 6.30. The van der Waals surface area contributed by atoms with Crippen molar-refractivity contribution in [2.45, 2.75) is 51.7 Å². The molecule has 6 rings (SSSR count). The van der Waals surface area contributed by atoms with Crippen molar-refractivity contribution in [1.82, 2.24) is 34.6 Å².